The first-order chi connectivity index (χ1) is 29.3. The van der Waals surface area contributed by atoms with E-state index in [4.69, 9.17) is 15.2 Å². The number of nitrogens with one attached hydrogen (secondary N) is 2. The summed E-state index contributed by atoms with van der Waals surface area (Å²) in [6.07, 6.45) is 4.93. The second kappa shape index (κ2) is 16.4. The van der Waals surface area contributed by atoms with Crippen LogP contribution in [0.1, 0.15) is 123 Å². The minimum atomic E-state index is -1.60. The fourth-order valence-corrected chi connectivity index (χ4v) is 15.6. The number of carboxylic acids is 1. The lowest BCUT2D eigenvalue weighted by Crippen LogP contribution is -2.72. The van der Waals surface area contributed by atoms with E-state index in [-0.39, 0.29) is 78.6 Å². The number of aromatic amines is 1. The van der Waals surface area contributed by atoms with E-state index in [0.29, 0.717) is 64.3 Å². The second-order valence-electron chi connectivity index (χ2n) is 22.2. The number of allylic oxidation sites excluding steroid dienone is 2. The normalized spacial score (nSPS) is 49.4. The van der Waals surface area contributed by atoms with Gasteiger partial charge in [0, 0.05) is 42.3 Å². The van der Waals surface area contributed by atoms with Gasteiger partial charge < -0.3 is 61.3 Å². The molecule has 2 aliphatic heterocycles. The maximum atomic E-state index is 13.6. The van der Waals surface area contributed by atoms with Gasteiger partial charge in [-0.3, -0.25) is 9.59 Å². The van der Waals surface area contributed by atoms with Crippen LogP contribution < -0.4 is 11.1 Å². The zero-order valence-electron chi connectivity index (χ0n) is 37.3. The van der Waals surface area contributed by atoms with E-state index in [2.05, 4.69) is 49.1 Å². The minimum absolute atomic E-state index is 0.000818. The number of carbonyl (C=O) groups is 2. The Bertz CT molecular complexity index is 1850. The van der Waals surface area contributed by atoms with Crippen molar-refractivity contribution >= 4 is 11.9 Å². The van der Waals surface area contributed by atoms with Crippen LogP contribution in [0.15, 0.2) is 24.2 Å². The lowest BCUT2D eigenvalue weighted by atomic mass is 9.31. The molecular weight excluding hydrogens is 797 g/mol. The Balaban J connectivity index is 1.24. The molecule has 62 heavy (non-hydrogen) atoms. The molecule has 0 spiro atoms. The lowest BCUT2D eigenvalue weighted by molar-refractivity contribution is -0.340. The van der Waals surface area contributed by atoms with E-state index >= 15 is 0 Å². The van der Waals surface area contributed by atoms with Gasteiger partial charge in [0.2, 0.25) is 5.91 Å². The number of carboxylic acid groups (broad SMARTS) is 1. The topological polar surface area (TPSA) is 261 Å². The molecule has 15 heteroatoms. The number of H-pyrrole nitrogens is 1. The van der Waals surface area contributed by atoms with E-state index in [0.717, 1.165) is 18.5 Å². The molecule has 0 radical (unpaired) electrons. The summed E-state index contributed by atoms with van der Waals surface area (Å²) >= 11 is 0. The molecule has 0 aromatic carbocycles. The summed E-state index contributed by atoms with van der Waals surface area (Å²) in [5.41, 5.74) is 4.41. The van der Waals surface area contributed by atoms with Crippen molar-refractivity contribution in [2.24, 2.45) is 67.8 Å². The summed E-state index contributed by atoms with van der Waals surface area (Å²) in [5.74, 6) is -2.09. The van der Waals surface area contributed by atoms with Crippen LogP contribution in [0.5, 0.6) is 0 Å². The van der Waals surface area contributed by atoms with Crippen molar-refractivity contribution < 1.29 is 54.8 Å². The van der Waals surface area contributed by atoms with Crippen LogP contribution >= 0.6 is 0 Å². The largest absolute Gasteiger partial charge is 0.481 e. The number of ether oxygens (including phenoxy) is 2. The first-order valence-electron chi connectivity index (χ1n) is 23.4. The maximum Gasteiger partial charge on any atom is 0.310 e. The standard InChI is InChI=1S/C47H74N4O11/c1-42(22-52)12-14-47(41(59)60)15-13-44(3)27(29(47)19-42)8-9-33-45(44,4)11-10-32-43(2,23-53)39(62-40-38(58)37(57)31(54)21-61-40)36(56)28(46(32,33)5)17-25-18-34(55)51-35(25)26(7-6-16-48)30-20-49-24-50-30/h8,20,24-26,28-29,31-33,35-40,52-54,56-58H,6-7,9-19,21-23,48H2,1-5H3,(H,49,50)(H,51,55)(H,59,60). The fraction of sp³-hybridized carbons (Fsp3) is 0.851. The Kier molecular flexibility index (Phi) is 12.2. The van der Waals surface area contributed by atoms with Crippen LogP contribution in [0.2, 0.25) is 0 Å². The number of hydrogen-bond donors (Lipinski definition) is 10. The number of aliphatic hydroxyl groups is 6. The van der Waals surface area contributed by atoms with Crippen molar-refractivity contribution in [2.45, 2.75) is 160 Å². The average molecular weight is 871 g/mol. The molecule has 1 aromatic rings. The van der Waals surface area contributed by atoms with E-state index in [1.165, 1.54) is 5.57 Å². The van der Waals surface area contributed by atoms with Gasteiger partial charge in [0.15, 0.2) is 6.29 Å². The van der Waals surface area contributed by atoms with Gasteiger partial charge in [-0.1, -0.05) is 46.3 Å². The van der Waals surface area contributed by atoms with E-state index < -0.39 is 70.4 Å². The van der Waals surface area contributed by atoms with Crippen molar-refractivity contribution in [3.8, 4) is 0 Å². The molecule has 3 heterocycles. The molecule has 1 aromatic heterocycles. The number of nitrogens with two attached hydrogens (primary N) is 1. The molecule has 19 atom stereocenters. The lowest BCUT2D eigenvalue weighted by Gasteiger charge is -2.73. The minimum Gasteiger partial charge on any atom is -0.481 e. The van der Waals surface area contributed by atoms with Crippen molar-refractivity contribution in [3.05, 3.63) is 29.9 Å². The molecular formula is C47H74N4O11. The predicted octanol–water partition coefficient (Wildman–Crippen LogP) is 2.98. The Morgan fingerprint density at radius 3 is 2.40 bits per heavy atom. The molecule has 15 nitrogen and oxygen atoms in total. The maximum absolute atomic E-state index is 13.6. The summed E-state index contributed by atoms with van der Waals surface area (Å²) in [7, 11) is 0. The Labute approximate surface area is 365 Å². The van der Waals surface area contributed by atoms with Crippen molar-refractivity contribution in [3.63, 3.8) is 0 Å². The molecule has 348 valence electrons. The van der Waals surface area contributed by atoms with Gasteiger partial charge in [0.05, 0.1) is 37.2 Å². The first-order valence-corrected chi connectivity index (χ1v) is 23.4. The van der Waals surface area contributed by atoms with Gasteiger partial charge >= 0.3 is 5.97 Å². The number of fused-ring (bicyclic) bond motifs is 7. The second-order valence-corrected chi connectivity index (χ2v) is 22.2. The average Bonchev–Trinajstić information content (AvgIpc) is 3.91. The number of carbonyl (C=O) groups excluding carboxylic acids is 1. The van der Waals surface area contributed by atoms with E-state index in [9.17, 15) is 45.3 Å². The summed E-state index contributed by atoms with van der Waals surface area (Å²) in [6, 6.07) is -0.283. The monoisotopic (exact) mass is 871 g/mol. The first kappa shape index (κ1) is 46.1. The zero-order chi connectivity index (χ0) is 44.8. The van der Waals surface area contributed by atoms with Gasteiger partial charge in [-0.25, -0.2) is 4.98 Å². The number of imidazole rings is 1. The number of aliphatic carboxylic acids is 1. The van der Waals surface area contributed by atoms with Gasteiger partial charge in [-0.05, 0) is 128 Å². The zero-order valence-corrected chi connectivity index (χ0v) is 37.3. The Morgan fingerprint density at radius 2 is 1.74 bits per heavy atom. The Morgan fingerprint density at radius 1 is 1.00 bits per heavy atom. The van der Waals surface area contributed by atoms with Gasteiger partial charge in [0.1, 0.15) is 18.3 Å². The van der Waals surface area contributed by atoms with Crippen molar-refractivity contribution in [1.29, 1.82) is 0 Å². The van der Waals surface area contributed by atoms with Crippen LogP contribution in [0.4, 0.5) is 0 Å². The number of nitrogens with zero attached hydrogens (tertiary/aromatic N) is 1. The van der Waals surface area contributed by atoms with Gasteiger partial charge in [0.25, 0.3) is 0 Å². The summed E-state index contributed by atoms with van der Waals surface area (Å²) < 4.78 is 12.4. The van der Waals surface area contributed by atoms with Crippen LogP contribution in [0, 0.1) is 62.1 Å². The van der Waals surface area contributed by atoms with Crippen LogP contribution in [-0.2, 0) is 19.1 Å². The van der Waals surface area contributed by atoms with Crippen molar-refractivity contribution in [1.82, 2.24) is 15.3 Å². The van der Waals surface area contributed by atoms with Crippen LogP contribution in [-0.4, -0.2) is 127 Å². The SMILES string of the molecule is CC1(CO)CCC2(C(=O)O)CCC3(C)C(=CCC4C5(C)C(CC6CC(=O)NC6C(CCCN)c6cnc[nH]6)C(O)C(OC6OCC(O)C(O)C6O)C(C)(CO)C5CCC43C)C2C1. The summed E-state index contributed by atoms with van der Waals surface area (Å²) in [5, 5.41) is 81.7. The van der Waals surface area contributed by atoms with Gasteiger partial charge in [-0.15, -0.1) is 0 Å². The fourth-order valence-electron chi connectivity index (χ4n) is 15.6. The highest BCUT2D eigenvalue weighted by Gasteiger charge is 2.73. The van der Waals surface area contributed by atoms with Crippen LogP contribution in [0.3, 0.4) is 0 Å². The quantitative estimate of drug-likeness (QED) is 0.107. The smallest absolute Gasteiger partial charge is 0.310 e. The third-order valence-corrected chi connectivity index (χ3v) is 19.4. The molecule has 7 aliphatic rings. The molecule has 19 unspecified atom stereocenters. The van der Waals surface area contributed by atoms with Crippen LogP contribution in [0.25, 0.3) is 0 Å². The number of aromatic nitrogens is 2. The third kappa shape index (κ3) is 6.79. The highest BCUT2D eigenvalue weighted by molar-refractivity contribution is 5.79. The molecule has 5 aliphatic carbocycles. The molecule has 2 saturated heterocycles. The van der Waals surface area contributed by atoms with E-state index in [1.807, 2.05) is 6.92 Å². The molecule has 1 amide bonds. The highest BCUT2D eigenvalue weighted by atomic mass is 16.7. The number of amides is 1. The molecule has 4 saturated carbocycles. The predicted molar refractivity (Wildman–Crippen MR) is 227 cm³/mol. The third-order valence-electron chi connectivity index (χ3n) is 19.4. The number of rotatable bonds is 12. The molecule has 0 bridgehead atoms. The molecule has 6 fully saturated rings. The number of hydrogen-bond acceptors (Lipinski definition) is 12. The highest BCUT2D eigenvalue weighted by Crippen LogP contribution is 2.77. The van der Waals surface area contributed by atoms with E-state index in [1.54, 1.807) is 12.5 Å². The molecule has 11 N–H and O–H groups in total. The van der Waals surface area contributed by atoms with Gasteiger partial charge in [-0.2, -0.15) is 0 Å². The van der Waals surface area contributed by atoms with Crippen molar-refractivity contribution in [2.75, 3.05) is 26.4 Å². The Hall–Kier alpha value is -2.47. The molecule has 8 rings (SSSR count). The number of aliphatic hydroxyl groups excluding tert-OH is 6. The summed E-state index contributed by atoms with van der Waals surface area (Å²) in [4.78, 5) is 34.5. The summed E-state index contributed by atoms with van der Waals surface area (Å²) in [6.45, 7) is 10.9.